The number of carbonyl (C=O) groups excluding carboxylic acids is 1. The molecule has 0 aliphatic heterocycles. The van der Waals surface area contributed by atoms with Crippen molar-refractivity contribution in [1.82, 2.24) is 0 Å². The standard InChI is InChI=1S/C21H36O4/c1-3-4-5-6-7-8-9-10-13-16-20(25-19(2)22)17-14-11-12-15-18-21(23)24/h8-9,13,16,20H,3-7,10-12,14-15,17-18H2,1-2H3,(H,23,24)/b9-8-,16-13-. The van der Waals surface area contributed by atoms with Gasteiger partial charge in [0, 0.05) is 13.3 Å². The summed E-state index contributed by atoms with van der Waals surface area (Å²) < 4.78 is 5.32. The molecule has 4 heteroatoms. The van der Waals surface area contributed by atoms with Crippen LogP contribution in [0.4, 0.5) is 0 Å². The first kappa shape index (κ1) is 23.4. The maximum atomic E-state index is 11.2. The molecule has 0 aromatic carbocycles. The monoisotopic (exact) mass is 352 g/mol. The van der Waals surface area contributed by atoms with Gasteiger partial charge in [-0.1, -0.05) is 57.3 Å². The number of unbranched alkanes of at least 4 members (excludes halogenated alkanes) is 7. The summed E-state index contributed by atoms with van der Waals surface area (Å²) in [6.45, 7) is 3.65. The fraction of sp³-hybridized carbons (Fsp3) is 0.714. The van der Waals surface area contributed by atoms with Crippen LogP contribution in [0, 0.1) is 0 Å². The molecule has 0 aliphatic carbocycles. The van der Waals surface area contributed by atoms with Crippen molar-refractivity contribution in [3.63, 3.8) is 0 Å². The van der Waals surface area contributed by atoms with E-state index in [1.54, 1.807) is 0 Å². The van der Waals surface area contributed by atoms with Gasteiger partial charge in [0.15, 0.2) is 0 Å². The van der Waals surface area contributed by atoms with E-state index >= 15 is 0 Å². The lowest BCUT2D eigenvalue weighted by atomic mass is 10.1. The smallest absolute Gasteiger partial charge is 0.303 e. The highest BCUT2D eigenvalue weighted by Crippen LogP contribution is 2.11. The van der Waals surface area contributed by atoms with E-state index in [9.17, 15) is 9.59 Å². The Hall–Kier alpha value is -1.58. The van der Waals surface area contributed by atoms with Crippen LogP contribution < -0.4 is 0 Å². The normalized spacial score (nSPS) is 12.7. The molecule has 0 aliphatic rings. The van der Waals surface area contributed by atoms with Crippen molar-refractivity contribution in [1.29, 1.82) is 0 Å². The zero-order valence-electron chi connectivity index (χ0n) is 16.0. The van der Waals surface area contributed by atoms with Crippen LogP contribution in [0.1, 0.15) is 90.9 Å². The molecule has 0 spiro atoms. The van der Waals surface area contributed by atoms with Crippen LogP contribution in [-0.2, 0) is 14.3 Å². The van der Waals surface area contributed by atoms with Crippen molar-refractivity contribution in [3.05, 3.63) is 24.3 Å². The topological polar surface area (TPSA) is 63.6 Å². The van der Waals surface area contributed by atoms with Crippen LogP contribution in [0.15, 0.2) is 24.3 Å². The quantitative estimate of drug-likeness (QED) is 0.216. The van der Waals surface area contributed by atoms with Gasteiger partial charge in [0.1, 0.15) is 6.10 Å². The van der Waals surface area contributed by atoms with E-state index in [2.05, 4.69) is 25.2 Å². The Balaban J connectivity index is 3.90. The van der Waals surface area contributed by atoms with Gasteiger partial charge in [0.25, 0.3) is 0 Å². The lowest BCUT2D eigenvalue weighted by Crippen LogP contribution is -2.13. The molecule has 0 heterocycles. The number of aliphatic carboxylic acids is 1. The molecule has 0 aromatic rings. The molecule has 4 nitrogen and oxygen atoms in total. The van der Waals surface area contributed by atoms with Crippen LogP contribution in [0.25, 0.3) is 0 Å². The van der Waals surface area contributed by atoms with Gasteiger partial charge in [-0.15, -0.1) is 0 Å². The molecular formula is C21H36O4. The molecule has 1 atom stereocenters. The van der Waals surface area contributed by atoms with E-state index in [0.29, 0.717) is 6.42 Å². The van der Waals surface area contributed by atoms with Crippen LogP contribution in [0.3, 0.4) is 0 Å². The highest BCUT2D eigenvalue weighted by molar-refractivity contribution is 5.66. The summed E-state index contributed by atoms with van der Waals surface area (Å²) in [5, 5.41) is 8.60. The van der Waals surface area contributed by atoms with Crippen molar-refractivity contribution in [2.75, 3.05) is 0 Å². The van der Waals surface area contributed by atoms with E-state index < -0.39 is 5.97 Å². The molecular weight excluding hydrogens is 316 g/mol. The van der Waals surface area contributed by atoms with E-state index in [-0.39, 0.29) is 18.5 Å². The summed E-state index contributed by atoms with van der Waals surface area (Å²) in [7, 11) is 0. The Labute approximate surface area is 153 Å². The van der Waals surface area contributed by atoms with Crippen molar-refractivity contribution in [2.24, 2.45) is 0 Å². The van der Waals surface area contributed by atoms with Crippen LogP contribution >= 0.6 is 0 Å². The highest BCUT2D eigenvalue weighted by atomic mass is 16.5. The predicted molar refractivity (Wildman–Crippen MR) is 103 cm³/mol. The Bertz CT molecular complexity index is 399. The number of rotatable bonds is 16. The minimum absolute atomic E-state index is 0.171. The number of carboxylic acid groups (broad SMARTS) is 1. The molecule has 0 rings (SSSR count). The van der Waals surface area contributed by atoms with Gasteiger partial charge in [0.05, 0.1) is 0 Å². The molecule has 1 N–H and O–H groups in total. The van der Waals surface area contributed by atoms with E-state index in [4.69, 9.17) is 9.84 Å². The third-order valence-electron chi connectivity index (χ3n) is 3.96. The maximum Gasteiger partial charge on any atom is 0.303 e. The number of hydrogen-bond acceptors (Lipinski definition) is 3. The number of ether oxygens (including phenoxy) is 1. The van der Waals surface area contributed by atoms with Gasteiger partial charge in [-0.2, -0.15) is 0 Å². The molecule has 1 unspecified atom stereocenters. The summed E-state index contributed by atoms with van der Waals surface area (Å²) in [4.78, 5) is 21.6. The largest absolute Gasteiger partial charge is 0.481 e. The minimum Gasteiger partial charge on any atom is -0.481 e. The molecule has 0 fully saturated rings. The first-order valence-corrected chi connectivity index (χ1v) is 9.77. The van der Waals surface area contributed by atoms with Gasteiger partial charge in [-0.3, -0.25) is 9.59 Å². The lowest BCUT2D eigenvalue weighted by Gasteiger charge is -2.12. The van der Waals surface area contributed by atoms with Gasteiger partial charge >= 0.3 is 11.9 Å². The molecule has 0 amide bonds. The molecule has 0 radical (unpaired) electrons. The van der Waals surface area contributed by atoms with E-state index in [1.165, 1.54) is 32.6 Å². The number of allylic oxidation sites excluding steroid dienone is 3. The second kappa shape index (κ2) is 17.2. The zero-order chi connectivity index (χ0) is 18.8. The summed E-state index contributed by atoms with van der Waals surface area (Å²) in [5.74, 6) is -0.994. The third kappa shape index (κ3) is 18.6. The third-order valence-corrected chi connectivity index (χ3v) is 3.96. The summed E-state index contributed by atoms with van der Waals surface area (Å²) in [5.41, 5.74) is 0. The van der Waals surface area contributed by atoms with Gasteiger partial charge in [-0.05, 0) is 44.6 Å². The van der Waals surface area contributed by atoms with Crippen LogP contribution in [0.5, 0.6) is 0 Å². The molecule has 25 heavy (non-hydrogen) atoms. The van der Waals surface area contributed by atoms with Crippen molar-refractivity contribution in [2.45, 2.75) is 97.0 Å². The number of esters is 1. The summed E-state index contributed by atoms with van der Waals surface area (Å²) in [6, 6.07) is 0. The average Bonchev–Trinajstić information content (AvgIpc) is 2.55. The Morgan fingerprint density at radius 2 is 1.68 bits per heavy atom. The Kier molecular flexibility index (Phi) is 16.2. The Morgan fingerprint density at radius 3 is 2.36 bits per heavy atom. The van der Waals surface area contributed by atoms with Gasteiger partial charge < -0.3 is 9.84 Å². The predicted octanol–water partition coefficient (Wildman–Crippen LogP) is 5.82. The van der Waals surface area contributed by atoms with E-state index in [0.717, 1.165) is 38.5 Å². The Morgan fingerprint density at radius 1 is 0.960 bits per heavy atom. The first-order chi connectivity index (χ1) is 12.1. The molecule has 0 aromatic heterocycles. The lowest BCUT2D eigenvalue weighted by molar-refractivity contribution is -0.144. The molecule has 0 saturated heterocycles. The first-order valence-electron chi connectivity index (χ1n) is 9.77. The number of hydrogen-bond donors (Lipinski definition) is 1. The average molecular weight is 353 g/mol. The van der Waals surface area contributed by atoms with Crippen molar-refractivity contribution < 1.29 is 19.4 Å². The highest BCUT2D eigenvalue weighted by Gasteiger charge is 2.07. The fourth-order valence-corrected chi connectivity index (χ4v) is 2.59. The fourth-order valence-electron chi connectivity index (χ4n) is 2.59. The minimum atomic E-state index is -0.737. The van der Waals surface area contributed by atoms with Crippen LogP contribution in [0.2, 0.25) is 0 Å². The SMILES string of the molecule is CCCCCC/C=C\C/C=C\C(CCCCCCC(=O)O)OC(C)=O. The number of carboxylic acids is 1. The molecule has 0 bridgehead atoms. The zero-order valence-corrected chi connectivity index (χ0v) is 16.0. The second-order valence-corrected chi connectivity index (χ2v) is 6.48. The second-order valence-electron chi connectivity index (χ2n) is 6.48. The van der Waals surface area contributed by atoms with Crippen LogP contribution in [-0.4, -0.2) is 23.1 Å². The van der Waals surface area contributed by atoms with E-state index in [1.807, 2.05) is 6.08 Å². The molecule has 0 saturated carbocycles. The number of carbonyl (C=O) groups is 2. The van der Waals surface area contributed by atoms with Crippen molar-refractivity contribution >= 4 is 11.9 Å². The summed E-state index contributed by atoms with van der Waals surface area (Å²) >= 11 is 0. The van der Waals surface area contributed by atoms with Gasteiger partial charge in [-0.25, -0.2) is 0 Å². The molecule has 144 valence electrons. The van der Waals surface area contributed by atoms with Crippen molar-refractivity contribution in [3.8, 4) is 0 Å². The van der Waals surface area contributed by atoms with Gasteiger partial charge in [0.2, 0.25) is 0 Å². The summed E-state index contributed by atoms with van der Waals surface area (Å²) in [6.07, 6.45) is 19.9. The maximum absolute atomic E-state index is 11.2.